The summed E-state index contributed by atoms with van der Waals surface area (Å²) in [5.41, 5.74) is 1.22. The number of nitrogens with zero attached hydrogens (tertiary/aromatic N) is 4. The Bertz CT molecular complexity index is 1030. The van der Waals surface area contributed by atoms with Crippen molar-refractivity contribution in [2.45, 2.75) is 55.5 Å². The summed E-state index contributed by atoms with van der Waals surface area (Å²) < 4.78 is 7.73. The van der Waals surface area contributed by atoms with Crippen LogP contribution < -0.4 is 5.32 Å². The maximum absolute atomic E-state index is 12.7. The smallest absolute Gasteiger partial charge is 0.237 e. The molecule has 1 aliphatic carbocycles. The fourth-order valence-corrected chi connectivity index (χ4v) is 4.60. The number of carbonyl (C=O) groups excluding carboxylic acids is 1. The Labute approximate surface area is 179 Å². The summed E-state index contributed by atoms with van der Waals surface area (Å²) in [6.07, 6.45) is 7.39. The molecule has 0 radical (unpaired) electrons. The van der Waals surface area contributed by atoms with Crippen LogP contribution in [0.2, 0.25) is 0 Å². The minimum atomic E-state index is -0.364. The minimum absolute atomic E-state index is 0.123. The van der Waals surface area contributed by atoms with E-state index in [0.717, 1.165) is 18.0 Å². The summed E-state index contributed by atoms with van der Waals surface area (Å²) >= 11 is 1.40. The third kappa shape index (κ3) is 4.41. The molecule has 154 valence electrons. The summed E-state index contributed by atoms with van der Waals surface area (Å²) in [5, 5.41) is 21.0. The van der Waals surface area contributed by atoms with Crippen molar-refractivity contribution in [1.29, 1.82) is 5.26 Å². The van der Waals surface area contributed by atoms with E-state index in [9.17, 15) is 4.79 Å². The zero-order valence-corrected chi connectivity index (χ0v) is 17.6. The molecule has 2 heterocycles. The van der Waals surface area contributed by atoms with Crippen molar-refractivity contribution >= 4 is 23.4 Å². The summed E-state index contributed by atoms with van der Waals surface area (Å²) in [7, 11) is 0. The van der Waals surface area contributed by atoms with Gasteiger partial charge in [0.2, 0.25) is 11.7 Å². The van der Waals surface area contributed by atoms with Crippen LogP contribution in [0.3, 0.4) is 0 Å². The molecule has 0 spiro atoms. The molecule has 1 saturated carbocycles. The molecule has 0 bridgehead atoms. The second-order valence-electron chi connectivity index (χ2n) is 7.38. The Morgan fingerprint density at radius 1 is 1.23 bits per heavy atom. The van der Waals surface area contributed by atoms with E-state index >= 15 is 0 Å². The van der Waals surface area contributed by atoms with Crippen LogP contribution in [0.5, 0.6) is 0 Å². The van der Waals surface area contributed by atoms with Gasteiger partial charge in [-0.1, -0.05) is 31.0 Å². The van der Waals surface area contributed by atoms with Gasteiger partial charge < -0.3 is 9.73 Å². The van der Waals surface area contributed by atoms with Crippen LogP contribution in [-0.4, -0.2) is 25.9 Å². The second kappa shape index (κ2) is 9.18. The van der Waals surface area contributed by atoms with Gasteiger partial charge in [-0.15, -0.1) is 10.2 Å². The summed E-state index contributed by atoms with van der Waals surface area (Å²) in [4.78, 5) is 12.7. The molecule has 4 rings (SSSR count). The number of hydrogen-bond donors (Lipinski definition) is 1. The number of carbonyl (C=O) groups is 1. The normalized spacial score (nSPS) is 15.5. The van der Waals surface area contributed by atoms with Gasteiger partial charge in [0.15, 0.2) is 10.9 Å². The van der Waals surface area contributed by atoms with Crippen LogP contribution in [0, 0.1) is 11.3 Å². The first kappa shape index (κ1) is 20.2. The standard InChI is InChI=1S/C22H23N5O2S/c1-15(21(28)24-17-11-9-16(14-23)10-12-17)30-22-26-25-20(19-8-5-13-29-19)27(22)18-6-3-2-4-7-18/h5,8-13,15,18H,2-4,6-7H2,1H3,(H,24,28)/t15-/m1/s1. The maximum Gasteiger partial charge on any atom is 0.237 e. The van der Waals surface area contributed by atoms with E-state index in [2.05, 4.69) is 26.2 Å². The van der Waals surface area contributed by atoms with Gasteiger partial charge in [0.1, 0.15) is 0 Å². The third-order valence-electron chi connectivity index (χ3n) is 5.28. The Morgan fingerprint density at radius 2 is 2.00 bits per heavy atom. The van der Waals surface area contributed by atoms with Crippen LogP contribution >= 0.6 is 11.8 Å². The summed E-state index contributed by atoms with van der Waals surface area (Å²) in [6, 6.07) is 12.9. The third-order valence-corrected chi connectivity index (χ3v) is 6.34. The fourth-order valence-electron chi connectivity index (χ4n) is 3.68. The predicted molar refractivity (Wildman–Crippen MR) is 115 cm³/mol. The molecule has 1 atom stereocenters. The van der Waals surface area contributed by atoms with Crippen molar-refractivity contribution in [3.8, 4) is 17.7 Å². The van der Waals surface area contributed by atoms with E-state index in [1.54, 1.807) is 30.5 Å². The molecule has 2 aromatic heterocycles. The summed E-state index contributed by atoms with van der Waals surface area (Å²) in [5.74, 6) is 1.28. The van der Waals surface area contributed by atoms with Crippen molar-refractivity contribution in [3.63, 3.8) is 0 Å². The van der Waals surface area contributed by atoms with Crippen molar-refractivity contribution in [3.05, 3.63) is 48.2 Å². The number of anilines is 1. The van der Waals surface area contributed by atoms with Crippen molar-refractivity contribution in [2.75, 3.05) is 5.32 Å². The zero-order valence-electron chi connectivity index (χ0n) is 16.7. The fraction of sp³-hybridized carbons (Fsp3) is 0.364. The average Bonchev–Trinajstić information content (AvgIpc) is 3.44. The number of nitrogens with one attached hydrogen (secondary N) is 1. The number of thioether (sulfide) groups is 1. The number of amides is 1. The van der Waals surface area contributed by atoms with Gasteiger partial charge in [-0.2, -0.15) is 5.26 Å². The number of hydrogen-bond acceptors (Lipinski definition) is 6. The highest BCUT2D eigenvalue weighted by atomic mass is 32.2. The summed E-state index contributed by atoms with van der Waals surface area (Å²) in [6.45, 7) is 1.86. The van der Waals surface area contributed by atoms with Gasteiger partial charge in [-0.3, -0.25) is 9.36 Å². The molecule has 7 nitrogen and oxygen atoms in total. The molecule has 1 aromatic carbocycles. The van der Waals surface area contributed by atoms with Gasteiger partial charge in [0.05, 0.1) is 23.1 Å². The second-order valence-corrected chi connectivity index (χ2v) is 8.69. The minimum Gasteiger partial charge on any atom is -0.461 e. The SMILES string of the molecule is C[C@@H](Sc1nnc(-c2ccco2)n1C1CCCCC1)C(=O)Nc1ccc(C#N)cc1. The van der Waals surface area contributed by atoms with Crippen LogP contribution in [-0.2, 0) is 4.79 Å². The number of nitriles is 1. The highest BCUT2D eigenvalue weighted by Gasteiger charge is 2.27. The van der Waals surface area contributed by atoms with Crippen LogP contribution in [0.4, 0.5) is 5.69 Å². The first-order valence-electron chi connectivity index (χ1n) is 10.1. The Balaban J connectivity index is 1.52. The first-order valence-corrected chi connectivity index (χ1v) is 11.0. The Morgan fingerprint density at radius 3 is 2.67 bits per heavy atom. The van der Waals surface area contributed by atoms with E-state index in [4.69, 9.17) is 9.68 Å². The molecule has 1 fully saturated rings. The van der Waals surface area contributed by atoms with Crippen molar-refractivity contribution in [1.82, 2.24) is 14.8 Å². The molecular weight excluding hydrogens is 398 g/mol. The first-order chi connectivity index (χ1) is 14.7. The number of furan rings is 1. The number of aromatic nitrogens is 3. The lowest BCUT2D eigenvalue weighted by Gasteiger charge is -2.25. The van der Waals surface area contributed by atoms with E-state index < -0.39 is 0 Å². The molecule has 1 aliphatic rings. The van der Waals surface area contributed by atoms with E-state index in [0.29, 0.717) is 28.9 Å². The van der Waals surface area contributed by atoms with Crippen molar-refractivity contribution in [2.24, 2.45) is 0 Å². The number of benzene rings is 1. The van der Waals surface area contributed by atoms with Gasteiger partial charge in [0.25, 0.3) is 0 Å². The monoisotopic (exact) mass is 421 g/mol. The average molecular weight is 422 g/mol. The lowest BCUT2D eigenvalue weighted by Crippen LogP contribution is -2.23. The molecule has 0 aliphatic heterocycles. The van der Waals surface area contributed by atoms with E-state index in [-0.39, 0.29) is 11.2 Å². The molecule has 0 saturated heterocycles. The van der Waals surface area contributed by atoms with Gasteiger partial charge in [-0.25, -0.2) is 0 Å². The maximum atomic E-state index is 12.7. The lowest BCUT2D eigenvalue weighted by atomic mass is 9.95. The van der Waals surface area contributed by atoms with Gasteiger partial charge >= 0.3 is 0 Å². The topological polar surface area (TPSA) is 96.7 Å². The highest BCUT2D eigenvalue weighted by Crippen LogP contribution is 2.36. The van der Waals surface area contributed by atoms with Gasteiger partial charge in [0, 0.05) is 11.7 Å². The molecule has 3 aromatic rings. The number of rotatable bonds is 6. The van der Waals surface area contributed by atoms with Crippen molar-refractivity contribution < 1.29 is 9.21 Å². The van der Waals surface area contributed by atoms with Crippen LogP contribution in [0.25, 0.3) is 11.6 Å². The molecule has 8 heteroatoms. The molecule has 30 heavy (non-hydrogen) atoms. The Kier molecular flexibility index (Phi) is 6.19. The quantitative estimate of drug-likeness (QED) is 0.561. The van der Waals surface area contributed by atoms with E-state index in [1.165, 1.54) is 31.0 Å². The molecule has 1 N–H and O–H groups in total. The molecule has 1 amide bonds. The largest absolute Gasteiger partial charge is 0.461 e. The van der Waals surface area contributed by atoms with Gasteiger partial charge in [-0.05, 0) is 56.2 Å². The zero-order chi connectivity index (χ0) is 20.9. The Hall–Kier alpha value is -3.05. The van der Waals surface area contributed by atoms with Crippen LogP contribution in [0.15, 0.2) is 52.2 Å². The predicted octanol–water partition coefficient (Wildman–Crippen LogP) is 5.03. The molecule has 0 unspecified atom stereocenters. The van der Waals surface area contributed by atoms with Crippen LogP contribution in [0.1, 0.15) is 50.6 Å². The molecular formula is C22H23N5O2S. The van der Waals surface area contributed by atoms with E-state index in [1.807, 2.05) is 19.1 Å². The lowest BCUT2D eigenvalue weighted by molar-refractivity contribution is -0.115. The highest BCUT2D eigenvalue weighted by molar-refractivity contribution is 8.00.